The van der Waals surface area contributed by atoms with Gasteiger partial charge in [0, 0.05) is 23.7 Å². The number of phenols is 1. The molecule has 2 aliphatic heterocycles. The van der Waals surface area contributed by atoms with E-state index >= 15 is 0 Å². The summed E-state index contributed by atoms with van der Waals surface area (Å²) in [4.78, 5) is 15.1. The van der Waals surface area contributed by atoms with E-state index in [1.165, 1.54) is 6.26 Å². The summed E-state index contributed by atoms with van der Waals surface area (Å²) in [5, 5.41) is 16.5. The number of piperidine rings is 2. The summed E-state index contributed by atoms with van der Waals surface area (Å²) in [6, 6.07) is 8.31. The number of rotatable bonds is 4. The summed E-state index contributed by atoms with van der Waals surface area (Å²) in [6.45, 7) is 0. The lowest BCUT2D eigenvalue weighted by atomic mass is 9.82. The largest absolute Gasteiger partial charge is 0.508 e. The number of nitrogens with one attached hydrogen (secondary N) is 2. The topological polar surface area (TPSA) is 115 Å². The van der Waals surface area contributed by atoms with Crippen molar-refractivity contribution in [1.82, 2.24) is 19.8 Å². The second-order valence-electron chi connectivity index (χ2n) is 7.72. The Labute approximate surface area is 164 Å². The third kappa shape index (κ3) is 3.90. The Morgan fingerprint density at radius 3 is 2.46 bits per heavy atom. The van der Waals surface area contributed by atoms with Crippen LogP contribution >= 0.6 is 0 Å². The molecule has 0 saturated carbocycles. The molecule has 2 saturated heterocycles. The van der Waals surface area contributed by atoms with Crippen molar-refractivity contribution in [2.75, 3.05) is 6.26 Å². The van der Waals surface area contributed by atoms with Crippen molar-refractivity contribution in [3.63, 3.8) is 0 Å². The van der Waals surface area contributed by atoms with Gasteiger partial charge >= 0.3 is 0 Å². The maximum Gasteiger partial charge on any atom is 0.272 e. The molecular formula is C19H24N4O4S. The molecule has 1 aromatic heterocycles. The monoisotopic (exact) mass is 404 g/mol. The van der Waals surface area contributed by atoms with E-state index < -0.39 is 10.0 Å². The maximum atomic E-state index is 13.2. The van der Waals surface area contributed by atoms with Gasteiger partial charge in [0.1, 0.15) is 11.4 Å². The van der Waals surface area contributed by atoms with Gasteiger partial charge in [0.25, 0.3) is 5.91 Å². The Kier molecular flexibility index (Phi) is 4.88. The number of aromatic nitrogens is 2. The Bertz CT molecular complexity index is 956. The van der Waals surface area contributed by atoms with E-state index in [1.54, 1.807) is 30.3 Å². The van der Waals surface area contributed by atoms with E-state index in [4.69, 9.17) is 0 Å². The lowest BCUT2D eigenvalue weighted by molar-refractivity contribution is 0.0223. The molecule has 0 spiro atoms. The second kappa shape index (κ2) is 7.21. The zero-order valence-electron chi connectivity index (χ0n) is 15.6. The molecule has 9 heteroatoms. The van der Waals surface area contributed by atoms with Crippen LogP contribution in [0.3, 0.4) is 0 Å². The number of benzene rings is 1. The van der Waals surface area contributed by atoms with Gasteiger partial charge in [-0.3, -0.25) is 9.89 Å². The van der Waals surface area contributed by atoms with Crippen LogP contribution in [0.15, 0.2) is 30.3 Å². The number of phenolic OH excluding ortho intramolecular Hbond substituents is 1. The number of aromatic hydroxyl groups is 1. The number of carbonyl (C=O) groups excluding carboxylic acids is 1. The van der Waals surface area contributed by atoms with E-state index in [0.29, 0.717) is 24.2 Å². The first-order valence-corrected chi connectivity index (χ1v) is 11.3. The van der Waals surface area contributed by atoms with E-state index in [-0.39, 0.29) is 29.8 Å². The van der Waals surface area contributed by atoms with Crippen molar-refractivity contribution in [1.29, 1.82) is 0 Å². The first-order chi connectivity index (χ1) is 13.3. The molecule has 150 valence electrons. The molecule has 0 radical (unpaired) electrons. The zero-order valence-corrected chi connectivity index (χ0v) is 16.4. The molecule has 2 aliphatic rings. The van der Waals surface area contributed by atoms with Crippen LogP contribution in [0.5, 0.6) is 5.75 Å². The number of nitrogens with zero attached hydrogens (tertiary/aromatic N) is 2. The van der Waals surface area contributed by atoms with Gasteiger partial charge in [-0.2, -0.15) is 5.10 Å². The van der Waals surface area contributed by atoms with Crippen LogP contribution < -0.4 is 4.72 Å². The summed E-state index contributed by atoms with van der Waals surface area (Å²) < 4.78 is 25.9. The minimum Gasteiger partial charge on any atom is -0.508 e. The fourth-order valence-corrected chi connectivity index (χ4v) is 5.26. The average molecular weight is 404 g/mol. The first-order valence-electron chi connectivity index (χ1n) is 9.45. The van der Waals surface area contributed by atoms with Gasteiger partial charge in [-0.15, -0.1) is 0 Å². The van der Waals surface area contributed by atoms with E-state index in [1.807, 2.05) is 4.90 Å². The lowest BCUT2D eigenvalue weighted by Gasteiger charge is -2.48. The smallest absolute Gasteiger partial charge is 0.272 e. The van der Waals surface area contributed by atoms with E-state index in [9.17, 15) is 18.3 Å². The van der Waals surface area contributed by atoms with Crippen molar-refractivity contribution >= 4 is 15.9 Å². The zero-order chi connectivity index (χ0) is 19.9. The number of hydrogen-bond donors (Lipinski definition) is 3. The summed E-state index contributed by atoms with van der Waals surface area (Å²) in [5.41, 5.74) is 1.88. The molecule has 0 aliphatic carbocycles. The van der Waals surface area contributed by atoms with Crippen molar-refractivity contribution < 1.29 is 18.3 Å². The fourth-order valence-electron chi connectivity index (χ4n) is 4.46. The molecule has 1 aromatic carbocycles. The van der Waals surface area contributed by atoms with Crippen LogP contribution in [0.25, 0.3) is 11.3 Å². The molecule has 3 atom stereocenters. The van der Waals surface area contributed by atoms with Gasteiger partial charge in [0.15, 0.2) is 0 Å². The predicted molar refractivity (Wildman–Crippen MR) is 104 cm³/mol. The minimum atomic E-state index is -3.26. The van der Waals surface area contributed by atoms with Crippen LogP contribution in [0.4, 0.5) is 0 Å². The Balaban J connectivity index is 1.53. The molecule has 2 aromatic rings. The molecule has 1 amide bonds. The highest BCUT2D eigenvalue weighted by Gasteiger charge is 2.42. The van der Waals surface area contributed by atoms with Gasteiger partial charge in [0.05, 0.1) is 11.9 Å². The van der Waals surface area contributed by atoms with Gasteiger partial charge in [-0.05, 0) is 62.4 Å². The Morgan fingerprint density at radius 2 is 1.86 bits per heavy atom. The Morgan fingerprint density at radius 1 is 1.21 bits per heavy atom. The summed E-state index contributed by atoms with van der Waals surface area (Å²) in [7, 11) is -3.26. The normalized spacial score (nSPS) is 24.9. The average Bonchev–Trinajstić information content (AvgIpc) is 3.10. The van der Waals surface area contributed by atoms with Crippen molar-refractivity contribution in [3.8, 4) is 17.0 Å². The minimum absolute atomic E-state index is 0.0275. The second-order valence-corrected chi connectivity index (χ2v) is 9.50. The highest BCUT2D eigenvalue weighted by molar-refractivity contribution is 7.88. The fraction of sp³-hybridized carbons (Fsp3) is 0.474. The maximum absolute atomic E-state index is 13.2. The van der Waals surface area contributed by atoms with Gasteiger partial charge in [0.2, 0.25) is 10.0 Å². The van der Waals surface area contributed by atoms with Crippen molar-refractivity contribution in [3.05, 3.63) is 36.0 Å². The van der Waals surface area contributed by atoms with E-state index in [2.05, 4.69) is 14.9 Å². The number of sulfonamides is 1. The summed E-state index contributed by atoms with van der Waals surface area (Å²) in [6.07, 6.45) is 5.25. The molecule has 3 heterocycles. The SMILES string of the molecule is CS(=O)(=O)NC1C[C@H]2CCC[C@@H](C1)N2C(=O)c1cc(-c2ccc(O)cc2)n[nH]1. The van der Waals surface area contributed by atoms with E-state index in [0.717, 1.165) is 24.8 Å². The molecule has 8 nitrogen and oxygen atoms in total. The quantitative estimate of drug-likeness (QED) is 0.719. The molecule has 2 fully saturated rings. The Hall–Kier alpha value is -2.39. The number of H-pyrrole nitrogens is 1. The first kappa shape index (κ1) is 18.9. The van der Waals surface area contributed by atoms with Crippen molar-refractivity contribution in [2.24, 2.45) is 0 Å². The third-order valence-corrected chi connectivity index (χ3v) is 6.32. The number of fused-ring (bicyclic) bond motifs is 2. The van der Waals surface area contributed by atoms with Crippen LogP contribution in [-0.4, -0.2) is 58.9 Å². The van der Waals surface area contributed by atoms with Gasteiger partial charge in [-0.1, -0.05) is 0 Å². The highest BCUT2D eigenvalue weighted by Crippen LogP contribution is 2.35. The number of aromatic amines is 1. The number of carbonyl (C=O) groups is 1. The van der Waals surface area contributed by atoms with Crippen LogP contribution in [0.1, 0.15) is 42.6 Å². The molecule has 4 rings (SSSR count). The number of hydrogen-bond acceptors (Lipinski definition) is 5. The van der Waals surface area contributed by atoms with Crippen LogP contribution in [-0.2, 0) is 10.0 Å². The molecule has 28 heavy (non-hydrogen) atoms. The summed E-state index contributed by atoms with van der Waals surface area (Å²) in [5.74, 6) is 0.0824. The third-order valence-electron chi connectivity index (χ3n) is 5.56. The van der Waals surface area contributed by atoms with Crippen molar-refractivity contribution in [2.45, 2.75) is 50.2 Å². The molecular weight excluding hydrogens is 380 g/mol. The lowest BCUT2D eigenvalue weighted by Crippen LogP contribution is -2.58. The molecule has 1 unspecified atom stereocenters. The van der Waals surface area contributed by atoms with Gasteiger partial charge < -0.3 is 10.0 Å². The molecule has 2 bridgehead atoms. The molecule has 3 N–H and O–H groups in total. The highest BCUT2D eigenvalue weighted by atomic mass is 32.2. The predicted octanol–water partition coefficient (Wildman–Crippen LogP) is 1.86. The number of amides is 1. The standard InChI is InChI=1S/C19H24N4O4S/c1-28(26,27)22-13-9-14-3-2-4-15(10-13)23(14)19(25)18-11-17(20-21-18)12-5-7-16(24)8-6-12/h5-8,11,13-15,22,24H,2-4,9-10H2,1H3,(H,20,21)/t13?,14-,15+. The van der Waals surface area contributed by atoms with Crippen LogP contribution in [0.2, 0.25) is 0 Å². The summed E-state index contributed by atoms with van der Waals surface area (Å²) >= 11 is 0. The van der Waals surface area contributed by atoms with Crippen LogP contribution in [0, 0.1) is 0 Å². The van der Waals surface area contributed by atoms with Gasteiger partial charge in [-0.25, -0.2) is 13.1 Å².